The quantitative estimate of drug-likeness (QED) is 0.536. The first kappa shape index (κ1) is 14.9. The van der Waals surface area contributed by atoms with E-state index in [4.69, 9.17) is 0 Å². The summed E-state index contributed by atoms with van der Waals surface area (Å²) in [7, 11) is 1.78. The molecule has 0 saturated carbocycles. The lowest BCUT2D eigenvalue weighted by atomic mass is 10.5. The van der Waals surface area contributed by atoms with Gasteiger partial charge >= 0.3 is 0 Å². The molecule has 2 aliphatic heterocycles. The maximum absolute atomic E-state index is 3.01. The molecule has 7 unspecified atom stereocenters. The van der Waals surface area contributed by atoms with Gasteiger partial charge in [-0.1, -0.05) is 61.6 Å². The van der Waals surface area contributed by atoms with Gasteiger partial charge in [-0.15, -0.1) is 0 Å². The molecule has 2 saturated heterocycles. The topological polar surface area (TPSA) is 0 Å². The van der Waals surface area contributed by atoms with E-state index >= 15 is 0 Å². The second-order valence-corrected chi connectivity index (χ2v) is 58.9. The van der Waals surface area contributed by atoms with Crippen molar-refractivity contribution in [1.29, 1.82) is 0 Å². The molecule has 7 atom stereocenters. The molecule has 0 bridgehead atoms. The van der Waals surface area contributed by atoms with Crippen LogP contribution in [0, 0.1) is 0 Å². The maximum Gasteiger partial charge on any atom is 0.0383 e. The lowest BCUT2D eigenvalue weighted by Crippen LogP contribution is -2.83. The summed E-state index contributed by atoms with van der Waals surface area (Å²) in [5.74, 6) is 0. The van der Waals surface area contributed by atoms with Crippen molar-refractivity contribution >= 4 is 59.2 Å². The van der Waals surface area contributed by atoms with Crippen molar-refractivity contribution in [3.8, 4) is 0 Å². The van der Waals surface area contributed by atoms with E-state index in [0.29, 0.717) is 0 Å². The van der Waals surface area contributed by atoms with Gasteiger partial charge in [0.1, 0.15) is 0 Å². The van der Waals surface area contributed by atoms with Crippen LogP contribution in [0.4, 0.5) is 0 Å². The smallest absolute Gasteiger partial charge is 0.0383 e. The highest BCUT2D eigenvalue weighted by Crippen LogP contribution is 2.49. The lowest BCUT2D eigenvalue weighted by molar-refractivity contribution is 0.960. The van der Waals surface area contributed by atoms with Gasteiger partial charge in [-0.25, -0.2) is 0 Å². The van der Waals surface area contributed by atoms with Crippen molar-refractivity contribution < 1.29 is 0 Å². The lowest BCUT2D eigenvalue weighted by Gasteiger charge is -2.62. The van der Waals surface area contributed by atoms with E-state index in [9.17, 15) is 0 Å². The fourth-order valence-corrected chi connectivity index (χ4v) is 150. The first-order chi connectivity index (χ1) is 7.74. The third-order valence-corrected chi connectivity index (χ3v) is 109. The Hall–Kier alpha value is 1.52. The first-order valence-electron chi connectivity index (χ1n) is 7.74. The number of hydrogen-bond donors (Lipinski definition) is 0. The van der Waals surface area contributed by atoms with Gasteiger partial charge in [-0.05, 0) is 0 Å². The molecule has 100 valence electrons. The van der Waals surface area contributed by atoms with Crippen LogP contribution in [0.3, 0.4) is 0 Å². The zero-order valence-electron chi connectivity index (χ0n) is 13.0. The summed E-state index contributed by atoms with van der Waals surface area (Å²) in [6.07, 6.45) is 0. The summed E-state index contributed by atoms with van der Waals surface area (Å²) in [5.41, 5.74) is 1.30. The van der Waals surface area contributed by atoms with Crippen LogP contribution in [0.5, 0.6) is 0 Å². The molecule has 2 fully saturated rings. The normalized spacial score (nSPS) is 60.2. The van der Waals surface area contributed by atoms with Gasteiger partial charge < -0.3 is 0 Å². The van der Waals surface area contributed by atoms with Crippen LogP contribution in [-0.4, -0.2) is 59.2 Å². The van der Waals surface area contributed by atoms with Gasteiger partial charge in [0.25, 0.3) is 0 Å². The van der Waals surface area contributed by atoms with E-state index in [1.165, 1.54) is 10.7 Å². The molecular formula is C10H32Si7. The molecule has 0 aromatic rings. The van der Waals surface area contributed by atoms with E-state index in [-0.39, 0.29) is 24.5 Å². The summed E-state index contributed by atoms with van der Waals surface area (Å²) in [4.78, 5) is 0. The molecule has 0 N–H and O–H groups in total. The Morgan fingerprint density at radius 3 is 2.29 bits per heavy atom. The Kier molecular flexibility index (Phi) is 4.22. The van der Waals surface area contributed by atoms with Crippen LogP contribution in [0.25, 0.3) is 0 Å². The van der Waals surface area contributed by atoms with Crippen LogP contribution in [0.15, 0.2) is 0 Å². The molecule has 0 radical (unpaired) electrons. The van der Waals surface area contributed by atoms with Gasteiger partial charge in [0.15, 0.2) is 0 Å². The zero-order chi connectivity index (χ0) is 13.0. The largest absolute Gasteiger partial charge is 0.0762 e. The molecule has 2 aliphatic rings. The summed E-state index contributed by atoms with van der Waals surface area (Å²) >= 11 is 0. The number of rotatable bonds is 0. The Morgan fingerprint density at radius 2 is 1.71 bits per heavy atom. The van der Waals surface area contributed by atoms with Gasteiger partial charge in [-0.3, -0.25) is 0 Å². The van der Waals surface area contributed by atoms with Crippen LogP contribution in [0.2, 0.25) is 61.6 Å². The van der Waals surface area contributed by atoms with Crippen LogP contribution < -0.4 is 0 Å². The zero-order valence-corrected chi connectivity index (χ0v) is 22.5. The van der Waals surface area contributed by atoms with Crippen LogP contribution >= 0.6 is 0 Å². The molecule has 17 heavy (non-hydrogen) atoms. The molecule has 0 aromatic heterocycles. The summed E-state index contributed by atoms with van der Waals surface area (Å²) in [6.45, 7) is 13.9. The van der Waals surface area contributed by atoms with Crippen molar-refractivity contribution in [3.05, 3.63) is 0 Å². The predicted molar refractivity (Wildman–Crippen MR) is 104 cm³/mol. The van der Waals surface area contributed by atoms with Crippen molar-refractivity contribution in [3.63, 3.8) is 0 Å². The summed E-state index contributed by atoms with van der Waals surface area (Å²) < 4.78 is 0. The van der Waals surface area contributed by atoms with Crippen LogP contribution in [0.1, 0.15) is 0 Å². The van der Waals surface area contributed by atoms with Crippen LogP contribution in [-0.2, 0) is 0 Å². The van der Waals surface area contributed by atoms with Gasteiger partial charge in [-0.2, -0.15) is 0 Å². The van der Waals surface area contributed by atoms with E-state index in [1.807, 2.05) is 12.1 Å². The first-order valence-corrected chi connectivity index (χ1v) is 27.7. The summed E-state index contributed by atoms with van der Waals surface area (Å²) in [5, 5.41) is 1.38. The second-order valence-electron chi connectivity index (χ2n) is 7.98. The third-order valence-electron chi connectivity index (χ3n) is 7.66. The van der Waals surface area contributed by atoms with Gasteiger partial charge in [0.2, 0.25) is 0 Å². The fourth-order valence-electron chi connectivity index (χ4n) is 5.43. The minimum absolute atomic E-state index is 0.183. The monoisotopic (exact) mass is 348 g/mol. The molecular weight excluding hydrogens is 317 g/mol. The molecule has 0 spiro atoms. The minimum atomic E-state index is -0.696. The highest BCUT2D eigenvalue weighted by atomic mass is 30.0. The SMILES string of the molecule is C[SiH]1CC[Si]2(C)CC([SiH3])C([SiH3])[SiH](C)[Si]2(C)[SiH]1C. The molecule has 7 heteroatoms. The van der Waals surface area contributed by atoms with E-state index in [0.717, 1.165) is 0 Å². The average molecular weight is 349 g/mol. The fraction of sp³-hybridized carbons (Fsp3) is 1.00. The molecule has 0 nitrogen and oxygen atoms in total. The Balaban J connectivity index is 2.42. The van der Waals surface area contributed by atoms with E-state index in [2.05, 4.69) is 32.7 Å². The third kappa shape index (κ3) is 2.04. The highest BCUT2D eigenvalue weighted by molar-refractivity contribution is 7.91. The number of hydrogen-bond acceptors (Lipinski definition) is 0. The Labute approximate surface area is 120 Å². The Bertz CT molecular complexity index is 311. The van der Waals surface area contributed by atoms with E-state index < -0.39 is 14.2 Å². The second kappa shape index (κ2) is 4.81. The van der Waals surface area contributed by atoms with E-state index in [1.54, 1.807) is 26.5 Å². The van der Waals surface area contributed by atoms with Crippen molar-refractivity contribution in [2.45, 2.75) is 61.6 Å². The maximum atomic E-state index is 3.01. The molecule has 0 aromatic carbocycles. The molecule has 0 amide bonds. The highest BCUT2D eigenvalue weighted by Gasteiger charge is 2.62. The Morgan fingerprint density at radius 1 is 1.12 bits per heavy atom. The number of fused-ring (bicyclic) bond motifs is 1. The minimum Gasteiger partial charge on any atom is -0.0762 e. The average Bonchev–Trinajstić information content (AvgIpc) is 2.28. The summed E-state index contributed by atoms with van der Waals surface area (Å²) in [6, 6.07) is 5.45. The predicted octanol–water partition coefficient (Wildman–Crippen LogP) is -0.0979. The molecule has 2 rings (SSSR count). The van der Waals surface area contributed by atoms with Gasteiger partial charge in [0.05, 0.1) is 0 Å². The molecule has 2 heterocycles. The van der Waals surface area contributed by atoms with Crippen molar-refractivity contribution in [1.82, 2.24) is 0 Å². The standard InChI is InChI=1S/C10H32Si7/c1-13-6-7-16(4)8-9(11)10(12)14(2)17(16,5)15(13)3/h9-10,13-15H,6-8H2,1-5,11-12H3. The van der Waals surface area contributed by atoms with Crippen molar-refractivity contribution in [2.24, 2.45) is 0 Å². The van der Waals surface area contributed by atoms with Gasteiger partial charge in [0, 0.05) is 59.2 Å². The molecule has 0 aliphatic carbocycles. The van der Waals surface area contributed by atoms with Crippen molar-refractivity contribution in [2.75, 3.05) is 0 Å².